The summed E-state index contributed by atoms with van der Waals surface area (Å²) in [5, 5.41) is 0.736. The van der Waals surface area contributed by atoms with Crippen molar-refractivity contribution in [1.82, 2.24) is 4.90 Å². The molecule has 1 aromatic carbocycles. The molecule has 4 nitrogen and oxygen atoms in total. The molecule has 1 amide bonds. The summed E-state index contributed by atoms with van der Waals surface area (Å²) in [4.78, 5) is 14.1. The number of carbonyl (C=O) groups is 1. The van der Waals surface area contributed by atoms with Crippen LogP contribution < -0.4 is 0 Å². The predicted molar refractivity (Wildman–Crippen MR) is 80.2 cm³/mol. The molecule has 1 heterocycles. The molecule has 1 saturated heterocycles. The lowest BCUT2D eigenvalue weighted by Crippen LogP contribution is -2.41. The SMILES string of the molecule is CCN(C(=O)c1ccc(Cl)cc1Cl)[C@@H]1CCS(=O)(=O)C1. The van der Waals surface area contributed by atoms with E-state index in [9.17, 15) is 13.2 Å². The molecule has 110 valence electrons. The van der Waals surface area contributed by atoms with Crippen molar-refractivity contribution in [3.8, 4) is 0 Å². The van der Waals surface area contributed by atoms with Crippen LogP contribution in [0.1, 0.15) is 23.7 Å². The Bertz CT molecular complexity index is 631. The average Bonchev–Trinajstić information content (AvgIpc) is 2.70. The third-order valence-electron chi connectivity index (χ3n) is 3.41. The molecular formula is C13H15Cl2NO3S. The van der Waals surface area contributed by atoms with E-state index in [1.165, 1.54) is 6.07 Å². The Morgan fingerprint density at radius 2 is 2.10 bits per heavy atom. The third-order valence-corrected chi connectivity index (χ3v) is 5.71. The zero-order valence-electron chi connectivity index (χ0n) is 11.0. The minimum atomic E-state index is -3.03. The Morgan fingerprint density at radius 1 is 1.40 bits per heavy atom. The van der Waals surface area contributed by atoms with Crippen LogP contribution in [0.25, 0.3) is 0 Å². The van der Waals surface area contributed by atoms with Crippen LogP contribution in [-0.2, 0) is 9.84 Å². The van der Waals surface area contributed by atoms with Crippen molar-refractivity contribution in [2.45, 2.75) is 19.4 Å². The lowest BCUT2D eigenvalue weighted by Gasteiger charge is -2.27. The third kappa shape index (κ3) is 3.27. The summed E-state index contributed by atoms with van der Waals surface area (Å²) in [6.07, 6.45) is 0.479. The minimum Gasteiger partial charge on any atom is -0.335 e. The van der Waals surface area contributed by atoms with Crippen molar-refractivity contribution < 1.29 is 13.2 Å². The van der Waals surface area contributed by atoms with Gasteiger partial charge in [0, 0.05) is 17.6 Å². The quantitative estimate of drug-likeness (QED) is 0.853. The summed E-state index contributed by atoms with van der Waals surface area (Å²) in [5.41, 5.74) is 0.349. The minimum absolute atomic E-state index is 0.0256. The van der Waals surface area contributed by atoms with Gasteiger partial charge < -0.3 is 4.90 Å². The van der Waals surface area contributed by atoms with Crippen LogP contribution in [0.3, 0.4) is 0 Å². The van der Waals surface area contributed by atoms with Gasteiger partial charge in [-0.2, -0.15) is 0 Å². The first-order valence-electron chi connectivity index (χ1n) is 6.30. The van der Waals surface area contributed by atoms with E-state index in [2.05, 4.69) is 0 Å². The van der Waals surface area contributed by atoms with Gasteiger partial charge in [-0.05, 0) is 31.5 Å². The van der Waals surface area contributed by atoms with Gasteiger partial charge in [0.25, 0.3) is 5.91 Å². The molecule has 1 aliphatic rings. The smallest absolute Gasteiger partial charge is 0.255 e. The molecule has 1 atom stereocenters. The van der Waals surface area contributed by atoms with Crippen molar-refractivity contribution in [3.63, 3.8) is 0 Å². The summed E-state index contributed by atoms with van der Waals surface area (Å²) < 4.78 is 23.1. The van der Waals surface area contributed by atoms with Crippen LogP contribution in [0.4, 0.5) is 0 Å². The highest BCUT2D eigenvalue weighted by Crippen LogP contribution is 2.25. The Labute approximate surface area is 128 Å². The molecular weight excluding hydrogens is 321 g/mol. The molecule has 1 fully saturated rings. The maximum Gasteiger partial charge on any atom is 0.255 e. The van der Waals surface area contributed by atoms with Crippen LogP contribution >= 0.6 is 23.2 Å². The second kappa shape index (κ2) is 5.92. The van der Waals surface area contributed by atoms with Crippen molar-refractivity contribution in [2.75, 3.05) is 18.1 Å². The lowest BCUT2D eigenvalue weighted by atomic mass is 10.1. The maximum absolute atomic E-state index is 12.5. The van der Waals surface area contributed by atoms with Gasteiger partial charge in [0.15, 0.2) is 9.84 Å². The second-order valence-corrected chi connectivity index (χ2v) is 7.84. The summed E-state index contributed by atoms with van der Waals surface area (Å²) in [6.45, 7) is 2.27. The second-order valence-electron chi connectivity index (χ2n) is 4.77. The number of nitrogens with zero attached hydrogens (tertiary/aromatic N) is 1. The number of amides is 1. The lowest BCUT2D eigenvalue weighted by molar-refractivity contribution is 0.0708. The number of rotatable bonds is 3. The number of carbonyl (C=O) groups excluding carboxylic acids is 1. The first kappa shape index (κ1) is 15.6. The van der Waals surface area contributed by atoms with E-state index in [4.69, 9.17) is 23.2 Å². The molecule has 0 N–H and O–H groups in total. The monoisotopic (exact) mass is 335 g/mol. The van der Waals surface area contributed by atoms with Crippen LogP contribution in [-0.4, -0.2) is 43.3 Å². The number of hydrogen-bond acceptors (Lipinski definition) is 3. The van der Waals surface area contributed by atoms with Crippen LogP contribution in [0, 0.1) is 0 Å². The van der Waals surface area contributed by atoms with E-state index < -0.39 is 9.84 Å². The normalized spacial score (nSPS) is 20.9. The van der Waals surface area contributed by atoms with Gasteiger partial charge in [0.05, 0.1) is 22.1 Å². The Hall–Kier alpha value is -0.780. The molecule has 0 aromatic heterocycles. The van der Waals surface area contributed by atoms with E-state index in [0.717, 1.165) is 0 Å². The van der Waals surface area contributed by atoms with Gasteiger partial charge in [-0.3, -0.25) is 4.79 Å². The summed E-state index contributed by atoms with van der Waals surface area (Å²) >= 11 is 11.8. The van der Waals surface area contributed by atoms with Crippen LogP contribution in [0.2, 0.25) is 10.0 Å². The molecule has 0 radical (unpaired) electrons. The van der Waals surface area contributed by atoms with Crippen molar-refractivity contribution in [2.24, 2.45) is 0 Å². The van der Waals surface area contributed by atoms with E-state index in [1.54, 1.807) is 17.0 Å². The van der Waals surface area contributed by atoms with E-state index >= 15 is 0 Å². The molecule has 2 rings (SSSR count). The van der Waals surface area contributed by atoms with Gasteiger partial charge in [-0.15, -0.1) is 0 Å². The fourth-order valence-corrected chi connectivity index (χ4v) is 4.63. The Balaban J connectivity index is 2.26. The number of halogens is 2. The van der Waals surface area contributed by atoms with Gasteiger partial charge in [-0.1, -0.05) is 23.2 Å². The highest BCUT2D eigenvalue weighted by Gasteiger charge is 2.34. The molecule has 0 saturated carbocycles. The number of hydrogen-bond donors (Lipinski definition) is 0. The fourth-order valence-electron chi connectivity index (χ4n) is 2.41. The van der Waals surface area contributed by atoms with E-state index in [-0.39, 0.29) is 28.5 Å². The Kier molecular flexibility index (Phi) is 4.62. The summed E-state index contributed by atoms with van der Waals surface area (Å²) in [7, 11) is -3.03. The molecule has 0 unspecified atom stereocenters. The Morgan fingerprint density at radius 3 is 2.60 bits per heavy atom. The molecule has 1 aliphatic heterocycles. The van der Waals surface area contributed by atoms with Gasteiger partial charge >= 0.3 is 0 Å². The first-order valence-corrected chi connectivity index (χ1v) is 8.88. The zero-order chi connectivity index (χ0) is 14.9. The molecule has 0 spiro atoms. The molecule has 7 heteroatoms. The van der Waals surface area contributed by atoms with Gasteiger partial charge in [0.1, 0.15) is 0 Å². The highest BCUT2D eigenvalue weighted by molar-refractivity contribution is 7.91. The van der Waals surface area contributed by atoms with E-state index in [1.807, 2.05) is 6.92 Å². The predicted octanol–water partition coefficient (Wildman–Crippen LogP) is 2.64. The standard InChI is InChI=1S/C13H15Cl2NO3S/c1-2-16(10-5-6-20(18,19)8-10)13(17)11-4-3-9(14)7-12(11)15/h3-4,7,10H,2,5-6,8H2,1H3/t10-/m1/s1. The topological polar surface area (TPSA) is 54.5 Å². The highest BCUT2D eigenvalue weighted by atomic mass is 35.5. The zero-order valence-corrected chi connectivity index (χ0v) is 13.3. The number of benzene rings is 1. The largest absolute Gasteiger partial charge is 0.335 e. The van der Waals surface area contributed by atoms with Crippen LogP contribution in [0.5, 0.6) is 0 Å². The van der Waals surface area contributed by atoms with Crippen molar-refractivity contribution in [3.05, 3.63) is 33.8 Å². The molecule has 20 heavy (non-hydrogen) atoms. The van der Waals surface area contributed by atoms with Gasteiger partial charge in [-0.25, -0.2) is 8.42 Å². The number of sulfone groups is 1. The molecule has 1 aromatic rings. The summed E-state index contributed by atoms with van der Waals surface area (Å²) in [5.74, 6) is -0.0932. The van der Waals surface area contributed by atoms with Crippen molar-refractivity contribution >= 4 is 38.9 Å². The fraction of sp³-hybridized carbons (Fsp3) is 0.462. The van der Waals surface area contributed by atoms with E-state index in [0.29, 0.717) is 23.6 Å². The summed E-state index contributed by atoms with van der Waals surface area (Å²) in [6, 6.07) is 4.40. The van der Waals surface area contributed by atoms with Gasteiger partial charge in [0.2, 0.25) is 0 Å². The first-order chi connectivity index (χ1) is 9.34. The maximum atomic E-state index is 12.5. The average molecular weight is 336 g/mol. The van der Waals surface area contributed by atoms with Crippen LogP contribution in [0.15, 0.2) is 18.2 Å². The molecule has 0 bridgehead atoms. The van der Waals surface area contributed by atoms with Crippen molar-refractivity contribution in [1.29, 1.82) is 0 Å². The molecule has 0 aliphatic carbocycles.